The number of amides is 2. The molecule has 0 aliphatic heterocycles. The van der Waals surface area contributed by atoms with Crippen LogP contribution >= 0.6 is 34.8 Å². The zero-order valence-corrected chi connectivity index (χ0v) is 27.9. The van der Waals surface area contributed by atoms with E-state index in [1.54, 1.807) is 19.1 Å². The fraction of sp³-hybridized carbons (Fsp3) is 0.519. The minimum atomic E-state index is -1.52. The van der Waals surface area contributed by atoms with E-state index in [1.165, 1.54) is 20.1 Å². The smallest absolute Gasteiger partial charge is 0.257 e. The highest BCUT2D eigenvalue weighted by Gasteiger charge is 2.41. The van der Waals surface area contributed by atoms with E-state index in [-0.39, 0.29) is 23.0 Å². The summed E-state index contributed by atoms with van der Waals surface area (Å²) in [7, 11) is -1.19. The number of anilines is 1. The second-order valence-electron chi connectivity index (χ2n) is 11.7. The maximum Gasteiger partial charge on any atom is 0.257 e. The van der Waals surface area contributed by atoms with Crippen molar-refractivity contribution in [1.29, 1.82) is 0 Å². The second-order valence-corrected chi connectivity index (χ2v) is 19.6. The Bertz CT molecular complexity index is 1410. The molecule has 1 atom stereocenters. The fourth-order valence-electron chi connectivity index (χ4n) is 4.32. The van der Waals surface area contributed by atoms with E-state index in [4.69, 9.17) is 44.1 Å². The summed E-state index contributed by atoms with van der Waals surface area (Å²) in [5.41, 5.74) is 2.22. The molecule has 41 heavy (non-hydrogen) atoms. The summed E-state index contributed by atoms with van der Waals surface area (Å²) in [6.07, 6.45) is 1.10. The quantitative estimate of drug-likeness (QED) is 0.0995. The first kappa shape index (κ1) is 33.1. The van der Waals surface area contributed by atoms with Crippen molar-refractivity contribution in [1.82, 2.24) is 25.2 Å². The van der Waals surface area contributed by atoms with Gasteiger partial charge in [0, 0.05) is 37.9 Å². The van der Waals surface area contributed by atoms with Crippen LogP contribution in [-0.4, -0.2) is 56.3 Å². The highest BCUT2D eigenvalue weighted by Crippen LogP contribution is 2.34. The van der Waals surface area contributed by atoms with E-state index in [0.717, 1.165) is 23.0 Å². The highest BCUT2D eigenvalue weighted by atomic mass is 35.5. The number of carbonyl (C=O) groups is 2. The Kier molecular flexibility index (Phi) is 10.3. The molecule has 0 unspecified atom stereocenters. The molecule has 2 amide bonds. The first-order valence-corrected chi connectivity index (χ1v) is 18.0. The van der Waals surface area contributed by atoms with Crippen molar-refractivity contribution < 1.29 is 18.8 Å². The van der Waals surface area contributed by atoms with Gasteiger partial charge in [0.1, 0.15) is 39.4 Å². The first-order valence-electron chi connectivity index (χ1n) is 13.1. The molecular weight excluding hydrogens is 607 g/mol. The van der Waals surface area contributed by atoms with Crippen molar-refractivity contribution >= 4 is 60.5 Å². The van der Waals surface area contributed by atoms with E-state index in [1.807, 2.05) is 18.5 Å². The third-order valence-corrected chi connectivity index (χ3v) is 8.76. The Morgan fingerprint density at radius 2 is 1.80 bits per heavy atom. The molecule has 0 saturated carbocycles. The number of aromatic nitrogens is 4. The van der Waals surface area contributed by atoms with Gasteiger partial charge in [-0.3, -0.25) is 9.59 Å². The number of halogens is 3. The van der Waals surface area contributed by atoms with Gasteiger partial charge in [0.25, 0.3) is 11.8 Å². The molecule has 10 nitrogen and oxygen atoms in total. The summed E-state index contributed by atoms with van der Waals surface area (Å²) >= 11 is 19.1. The van der Waals surface area contributed by atoms with E-state index in [9.17, 15) is 9.59 Å². The molecule has 224 valence electrons. The predicted octanol–water partition coefficient (Wildman–Crippen LogP) is 6.54. The number of nitrogens with one attached hydrogen (secondary N) is 2. The van der Waals surface area contributed by atoms with Gasteiger partial charge in [-0.15, -0.1) is 23.2 Å². The van der Waals surface area contributed by atoms with Crippen LogP contribution in [0.2, 0.25) is 30.8 Å². The molecule has 0 fully saturated rings. The van der Waals surface area contributed by atoms with Gasteiger partial charge < -0.3 is 19.9 Å². The third kappa shape index (κ3) is 8.78. The zero-order valence-electron chi connectivity index (χ0n) is 24.6. The van der Waals surface area contributed by atoms with E-state index in [2.05, 4.69) is 45.5 Å². The lowest BCUT2D eigenvalue weighted by Gasteiger charge is -2.33. The molecule has 14 heteroatoms. The lowest BCUT2D eigenvalue weighted by atomic mass is 9.93. The molecule has 0 bridgehead atoms. The van der Waals surface area contributed by atoms with Crippen LogP contribution in [-0.2, 0) is 16.3 Å². The largest absolute Gasteiger partial charge is 0.364 e. The minimum Gasteiger partial charge on any atom is -0.364 e. The summed E-state index contributed by atoms with van der Waals surface area (Å²) in [6, 6.07) is 4.47. The van der Waals surface area contributed by atoms with E-state index >= 15 is 0 Å². The van der Waals surface area contributed by atoms with Crippen molar-refractivity contribution in [2.75, 3.05) is 11.9 Å². The average molecular weight is 644 g/mol. The van der Waals surface area contributed by atoms with Gasteiger partial charge in [0.2, 0.25) is 0 Å². The number of hydrogen-bond acceptors (Lipinski definition) is 7. The molecule has 2 N–H and O–H groups in total. The maximum atomic E-state index is 13.5. The average Bonchev–Trinajstić information content (AvgIpc) is 3.37. The fourth-order valence-corrected chi connectivity index (χ4v) is 5.86. The van der Waals surface area contributed by atoms with Crippen LogP contribution in [0, 0.1) is 20.8 Å². The molecule has 0 aromatic carbocycles. The van der Waals surface area contributed by atoms with Gasteiger partial charge >= 0.3 is 0 Å². The van der Waals surface area contributed by atoms with Gasteiger partial charge in [0.05, 0.1) is 11.4 Å². The monoisotopic (exact) mass is 642 g/mol. The number of nitrogens with zero attached hydrogens (tertiary/aromatic N) is 4. The first-order chi connectivity index (χ1) is 18.9. The van der Waals surface area contributed by atoms with E-state index in [0.29, 0.717) is 24.6 Å². The molecular formula is C27H37Cl3N6O4Si. The summed E-state index contributed by atoms with van der Waals surface area (Å²) in [5.74, 6) is -0.958. The standard InChI is InChI=1S/C27H37Cl3N6O4Si/c1-16-20(13-40-35-16)24(37)33-26(4,14-27(5,29)30)25(38)32-21-10-9-19(23(28)31-21)22-17(2)34-36(18(22)3)15-39-11-12-41(6,7)8/h9-10,13H,11-12,14-15H2,1-8H3,(H,33,37)(H,31,32,38)/t26-/m0/s1. The normalized spacial score (nSPS) is 13.6. The number of aryl methyl sites for hydroxylation is 2. The molecule has 0 aliphatic rings. The summed E-state index contributed by atoms with van der Waals surface area (Å²) in [5, 5.41) is 14.0. The van der Waals surface area contributed by atoms with Crippen LogP contribution in [0.3, 0.4) is 0 Å². The van der Waals surface area contributed by atoms with Crippen LogP contribution < -0.4 is 10.6 Å². The molecule has 0 spiro atoms. The minimum absolute atomic E-state index is 0.103. The second kappa shape index (κ2) is 12.8. The number of ether oxygens (including phenoxy) is 1. The van der Waals surface area contributed by atoms with Crippen molar-refractivity contribution in [3.8, 4) is 11.1 Å². The van der Waals surface area contributed by atoms with Gasteiger partial charge in [0.15, 0.2) is 0 Å². The lowest BCUT2D eigenvalue weighted by molar-refractivity contribution is -0.121. The van der Waals surface area contributed by atoms with Crippen LogP contribution in [0.15, 0.2) is 22.9 Å². The number of rotatable bonds is 12. The number of hydrogen-bond donors (Lipinski definition) is 2. The Labute approximate surface area is 256 Å². The van der Waals surface area contributed by atoms with Crippen molar-refractivity contribution in [3.63, 3.8) is 0 Å². The zero-order chi connectivity index (χ0) is 30.8. The molecule has 3 aromatic rings. The SMILES string of the molecule is Cc1nocc1C(=O)N[C@@](C)(CC(C)(Cl)Cl)C(=O)Nc1ccc(-c2c(C)nn(COCC[Si](C)(C)C)c2C)c(Cl)n1. The Balaban J connectivity index is 1.80. The Morgan fingerprint density at radius 1 is 1.12 bits per heavy atom. The molecule has 3 rings (SSSR count). The van der Waals surface area contributed by atoms with Gasteiger partial charge in [-0.2, -0.15) is 5.10 Å². The summed E-state index contributed by atoms with van der Waals surface area (Å²) < 4.78 is 11.2. The van der Waals surface area contributed by atoms with Crippen molar-refractivity contribution in [2.24, 2.45) is 0 Å². The molecule has 0 radical (unpaired) electrons. The van der Waals surface area contributed by atoms with Crippen molar-refractivity contribution in [2.45, 2.75) is 83.3 Å². The van der Waals surface area contributed by atoms with Gasteiger partial charge in [-0.05, 0) is 52.8 Å². The predicted molar refractivity (Wildman–Crippen MR) is 165 cm³/mol. The van der Waals surface area contributed by atoms with Crippen LogP contribution in [0.5, 0.6) is 0 Å². The van der Waals surface area contributed by atoms with Crippen LogP contribution in [0.25, 0.3) is 11.1 Å². The molecule has 3 aromatic heterocycles. The summed E-state index contributed by atoms with van der Waals surface area (Å²) in [4.78, 5) is 30.8. The number of carbonyl (C=O) groups excluding carboxylic acids is 2. The highest BCUT2D eigenvalue weighted by molar-refractivity contribution is 6.76. The number of alkyl halides is 2. The van der Waals surface area contributed by atoms with E-state index < -0.39 is 29.8 Å². The Hall–Kier alpha value is -2.44. The molecule has 0 aliphatic carbocycles. The topological polar surface area (TPSA) is 124 Å². The Morgan fingerprint density at radius 3 is 2.37 bits per heavy atom. The summed E-state index contributed by atoms with van der Waals surface area (Å²) in [6.45, 7) is 16.5. The third-order valence-electron chi connectivity index (χ3n) is 6.50. The van der Waals surface area contributed by atoms with Gasteiger partial charge in [-0.25, -0.2) is 9.67 Å². The lowest BCUT2D eigenvalue weighted by Crippen LogP contribution is -2.56. The van der Waals surface area contributed by atoms with Crippen LogP contribution in [0.4, 0.5) is 5.82 Å². The molecule has 3 heterocycles. The molecule has 0 saturated heterocycles. The van der Waals surface area contributed by atoms with Crippen molar-refractivity contribution in [3.05, 3.63) is 46.2 Å². The van der Waals surface area contributed by atoms with Gasteiger partial charge in [-0.1, -0.05) is 36.4 Å². The maximum absolute atomic E-state index is 13.5. The number of pyridine rings is 1. The van der Waals surface area contributed by atoms with Crippen LogP contribution in [0.1, 0.15) is 47.7 Å².